The molecule has 0 saturated heterocycles. The van der Waals surface area contributed by atoms with Crippen molar-refractivity contribution in [1.82, 2.24) is 14.9 Å². The summed E-state index contributed by atoms with van der Waals surface area (Å²) >= 11 is 0. The fraction of sp³-hybridized carbons (Fsp3) is 0.259. The number of amides is 1. The molecule has 0 aliphatic carbocycles. The van der Waals surface area contributed by atoms with Crippen molar-refractivity contribution in [2.24, 2.45) is 0 Å². The number of nitrogens with one attached hydrogen (secondary N) is 1. The number of hydrogen-bond donors (Lipinski definition) is 1. The van der Waals surface area contributed by atoms with Crippen LogP contribution < -0.4 is 14.8 Å². The molecule has 6 nitrogen and oxygen atoms in total. The number of para-hydroxylation sites is 3. The zero-order valence-electron chi connectivity index (χ0n) is 19.2. The SMILES string of the molecule is Cc1ccc(C)c(OCCn2c(C(C)NC(=O)COc3ccccc3)nc3ccccc32)c1. The van der Waals surface area contributed by atoms with Crippen LogP contribution in [0, 0.1) is 13.8 Å². The van der Waals surface area contributed by atoms with Gasteiger partial charge < -0.3 is 19.4 Å². The molecule has 0 aliphatic rings. The van der Waals surface area contributed by atoms with Gasteiger partial charge in [-0.15, -0.1) is 0 Å². The molecule has 170 valence electrons. The van der Waals surface area contributed by atoms with Crippen LogP contribution in [0.25, 0.3) is 11.0 Å². The molecule has 3 aromatic carbocycles. The van der Waals surface area contributed by atoms with Crippen molar-refractivity contribution >= 4 is 16.9 Å². The fourth-order valence-corrected chi connectivity index (χ4v) is 3.78. The molecule has 1 heterocycles. The molecular formula is C27H29N3O3. The highest BCUT2D eigenvalue weighted by molar-refractivity contribution is 5.79. The van der Waals surface area contributed by atoms with Gasteiger partial charge in [-0.2, -0.15) is 0 Å². The second kappa shape index (κ2) is 10.2. The van der Waals surface area contributed by atoms with Crippen LogP contribution in [0.5, 0.6) is 11.5 Å². The Morgan fingerprint density at radius 3 is 2.58 bits per heavy atom. The number of carbonyl (C=O) groups excluding carboxylic acids is 1. The van der Waals surface area contributed by atoms with Crippen molar-refractivity contribution in [3.63, 3.8) is 0 Å². The quantitative estimate of drug-likeness (QED) is 0.396. The molecule has 0 fully saturated rings. The highest BCUT2D eigenvalue weighted by atomic mass is 16.5. The predicted molar refractivity (Wildman–Crippen MR) is 130 cm³/mol. The molecule has 1 N–H and O–H groups in total. The van der Waals surface area contributed by atoms with Gasteiger partial charge in [-0.1, -0.05) is 42.5 Å². The summed E-state index contributed by atoms with van der Waals surface area (Å²) < 4.78 is 13.8. The van der Waals surface area contributed by atoms with Crippen LogP contribution in [-0.4, -0.2) is 28.7 Å². The number of rotatable bonds is 9. The van der Waals surface area contributed by atoms with E-state index in [1.165, 1.54) is 5.56 Å². The molecule has 0 spiro atoms. The Hall–Kier alpha value is -3.80. The van der Waals surface area contributed by atoms with Crippen molar-refractivity contribution < 1.29 is 14.3 Å². The highest BCUT2D eigenvalue weighted by Crippen LogP contribution is 2.22. The first-order chi connectivity index (χ1) is 16.0. The number of nitrogens with zero attached hydrogens (tertiary/aromatic N) is 2. The summed E-state index contributed by atoms with van der Waals surface area (Å²) in [6.07, 6.45) is 0. The topological polar surface area (TPSA) is 65.4 Å². The van der Waals surface area contributed by atoms with E-state index in [4.69, 9.17) is 14.5 Å². The van der Waals surface area contributed by atoms with E-state index < -0.39 is 0 Å². The molecule has 6 heteroatoms. The van der Waals surface area contributed by atoms with Gasteiger partial charge in [0.15, 0.2) is 6.61 Å². The summed E-state index contributed by atoms with van der Waals surface area (Å²) in [6, 6.07) is 23.2. The maximum Gasteiger partial charge on any atom is 0.258 e. The van der Waals surface area contributed by atoms with E-state index in [0.29, 0.717) is 18.9 Å². The first kappa shape index (κ1) is 22.4. The largest absolute Gasteiger partial charge is 0.491 e. The molecule has 1 unspecified atom stereocenters. The van der Waals surface area contributed by atoms with E-state index in [1.807, 2.05) is 68.4 Å². The van der Waals surface area contributed by atoms with Crippen molar-refractivity contribution in [2.45, 2.75) is 33.4 Å². The van der Waals surface area contributed by atoms with E-state index in [2.05, 4.69) is 35.0 Å². The summed E-state index contributed by atoms with van der Waals surface area (Å²) in [4.78, 5) is 17.3. The third-order valence-corrected chi connectivity index (χ3v) is 5.48. The Kier molecular flexibility index (Phi) is 6.93. The predicted octanol–water partition coefficient (Wildman–Crippen LogP) is 4.99. The summed E-state index contributed by atoms with van der Waals surface area (Å²) in [5.41, 5.74) is 4.17. The molecular weight excluding hydrogens is 414 g/mol. The Balaban J connectivity index is 1.45. The van der Waals surface area contributed by atoms with E-state index in [-0.39, 0.29) is 18.6 Å². The lowest BCUT2D eigenvalue weighted by atomic mass is 10.1. The second-order valence-corrected chi connectivity index (χ2v) is 8.12. The Labute approximate surface area is 194 Å². The molecule has 0 saturated carbocycles. The van der Waals surface area contributed by atoms with Gasteiger partial charge in [-0.3, -0.25) is 4.79 Å². The van der Waals surface area contributed by atoms with Crippen LogP contribution in [-0.2, 0) is 11.3 Å². The standard InChI is InChI=1S/C27H29N3O3/c1-19-13-14-20(2)25(17-19)32-16-15-30-24-12-8-7-11-23(24)29-27(30)21(3)28-26(31)18-33-22-9-5-4-6-10-22/h4-14,17,21H,15-16,18H2,1-3H3,(H,28,31). The smallest absolute Gasteiger partial charge is 0.258 e. The third kappa shape index (κ3) is 5.52. The van der Waals surface area contributed by atoms with Crippen molar-refractivity contribution in [3.05, 3.63) is 89.7 Å². The molecule has 0 aliphatic heterocycles. The van der Waals surface area contributed by atoms with E-state index in [0.717, 1.165) is 28.2 Å². The van der Waals surface area contributed by atoms with Crippen molar-refractivity contribution in [2.75, 3.05) is 13.2 Å². The van der Waals surface area contributed by atoms with Crippen LogP contribution in [0.3, 0.4) is 0 Å². The molecule has 4 rings (SSSR count). The van der Waals surface area contributed by atoms with Crippen molar-refractivity contribution in [1.29, 1.82) is 0 Å². The van der Waals surface area contributed by atoms with Gasteiger partial charge in [0.1, 0.15) is 23.9 Å². The number of hydrogen-bond acceptors (Lipinski definition) is 4. The van der Waals surface area contributed by atoms with Gasteiger partial charge in [0.2, 0.25) is 0 Å². The molecule has 1 aromatic heterocycles. The van der Waals surface area contributed by atoms with Gasteiger partial charge in [0.05, 0.1) is 23.6 Å². The molecule has 1 atom stereocenters. The number of fused-ring (bicyclic) bond motifs is 1. The van der Waals surface area contributed by atoms with E-state index in [1.54, 1.807) is 0 Å². The Bertz CT molecular complexity index is 1230. The van der Waals surface area contributed by atoms with Crippen LogP contribution >= 0.6 is 0 Å². The number of aromatic nitrogens is 2. The summed E-state index contributed by atoms with van der Waals surface area (Å²) in [5.74, 6) is 2.14. The van der Waals surface area contributed by atoms with Crippen LogP contribution in [0.15, 0.2) is 72.8 Å². The third-order valence-electron chi connectivity index (χ3n) is 5.48. The summed E-state index contributed by atoms with van der Waals surface area (Å²) in [6.45, 7) is 7.09. The first-order valence-corrected chi connectivity index (χ1v) is 11.1. The molecule has 4 aromatic rings. The van der Waals surface area contributed by atoms with Gasteiger partial charge in [-0.05, 0) is 62.2 Å². The summed E-state index contributed by atoms with van der Waals surface area (Å²) in [5, 5.41) is 3.00. The van der Waals surface area contributed by atoms with Gasteiger partial charge in [-0.25, -0.2) is 4.98 Å². The lowest BCUT2D eigenvalue weighted by Gasteiger charge is -2.17. The molecule has 0 bridgehead atoms. The van der Waals surface area contributed by atoms with E-state index >= 15 is 0 Å². The average Bonchev–Trinajstić information content (AvgIpc) is 3.19. The minimum atomic E-state index is -0.287. The van der Waals surface area contributed by atoms with Gasteiger partial charge >= 0.3 is 0 Å². The zero-order valence-corrected chi connectivity index (χ0v) is 19.2. The zero-order chi connectivity index (χ0) is 23.2. The highest BCUT2D eigenvalue weighted by Gasteiger charge is 2.19. The number of aryl methyl sites for hydroxylation is 2. The minimum Gasteiger partial charge on any atom is -0.491 e. The fourth-order valence-electron chi connectivity index (χ4n) is 3.78. The second-order valence-electron chi connectivity index (χ2n) is 8.12. The van der Waals surface area contributed by atoms with Gasteiger partial charge in [0.25, 0.3) is 5.91 Å². The Morgan fingerprint density at radius 1 is 1.00 bits per heavy atom. The molecule has 33 heavy (non-hydrogen) atoms. The minimum absolute atomic E-state index is 0.0513. The average molecular weight is 444 g/mol. The van der Waals surface area contributed by atoms with Crippen LogP contribution in [0.2, 0.25) is 0 Å². The maximum absolute atomic E-state index is 12.5. The van der Waals surface area contributed by atoms with Crippen LogP contribution in [0.4, 0.5) is 0 Å². The molecule has 1 amide bonds. The first-order valence-electron chi connectivity index (χ1n) is 11.1. The lowest BCUT2D eigenvalue weighted by Crippen LogP contribution is -2.33. The molecule has 0 radical (unpaired) electrons. The summed E-state index contributed by atoms with van der Waals surface area (Å²) in [7, 11) is 0. The van der Waals surface area contributed by atoms with Crippen molar-refractivity contribution in [3.8, 4) is 11.5 Å². The van der Waals surface area contributed by atoms with E-state index in [9.17, 15) is 4.79 Å². The normalized spacial score (nSPS) is 11.8. The number of carbonyl (C=O) groups is 1. The van der Waals surface area contributed by atoms with Crippen LogP contribution in [0.1, 0.15) is 29.9 Å². The number of ether oxygens (including phenoxy) is 2. The van der Waals surface area contributed by atoms with Gasteiger partial charge in [0, 0.05) is 0 Å². The number of benzene rings is 3. The maximum atomic E-state index is 12.5. The number of imidazole rings is 1. The Morgan fingerprint density at radius 2 is 1.76 bits per heavy atom. The monoisotopic (exact) mass is 443 g/mol. The lowest BCUT2D eigenvalue weighted by molar-refractivity contribution is -0.123.